The third kappa shape index (κ3) is 1.72. The number of hydrogen-bond acceptors (Lipinski definition) is 3. The van der Waals surface area contributed by atoms with Crippen molar-refractivity contribution >= 4 is 11.9 Å². The second-order valence-corrected chi connectivity index (χ2v) is 7.11. The van der Waals surface area contributed by atoms with Gasteiger partial charge in [-0.05, 0) is 32.1 Å². The Morgan fingerprint density at radius 2 is 1.95 bits per heavy atom. The first-order chi connectivity index (χ1) is 8.67. The van der Waals surface area contributed by atoms with Gasteiger partial charge in [-0.25, -0.2) is 0 Å². The van der Waals surface area contributed by atoms with Crippen molar-refractivity contribution in [2.24, 2.45) is 16.7 Å². The van der Waals surface area contributed by atoms with Crippen molar-refractivity contribution in [1.82, 2.24) is 5.32 Å². The highest BCUT2D eigenvalue weighted by atomic mass is 16.6. The van der Waals surface area contributed by atoms with Crippen LogP contribution in [0.4, 0.5) is 0 Å². The SMILES string of the molecule is CC(C)CCNC(=O)[C@]12CC[C@](C)(C(=O)O1)C2(C)C. The highest BCUT2D eigenvalue weighted by Crippen LogP contribution is 2.65. The fraction of sp³-hybridized carbons (Fsp3) is 0.867. The Kier molecular flexibility index (Phi) is 3.19. The quantitative estimate of drug-likeness (QED) is 0.795. The van der Waals surface area contributed by atoms with Crippen LogP contribution in [0.3, 0.4) is 0 Å². The molecule has 0 spiro atoms. The third-order valence-electron chi connectivity index (χ3n) is 5.46. The van der Waals surface area contributed by atoms with E-state index in [1.165, 1.54) is 0 Å². The first-order valence-corrected chi connectivity index (χ1v) is 7.19. The number of carbonyl (C=O) groups excluding carboxylic acids is 2. The first-order valence-electron chi connectivity index (χ1n) is 7.19. The maximum Gasteiger partial charge on any atom is 0.313 e. The molecule has 1 N–H and O–H groups in total. The van der Waals surface area contributed by atoms with Crippen LogP contribution in [0.1, 0.15) is 53.9 Å². The summed E-state index contributed by atoms with van der Waals surface area (Å²) < 4.78 is 5.53. The molecule has 1 amide bonds. The van der Waals surface area contributed by atoms with Crippen LogP contribution in [0.25, 0.3) is 0 Å². The maximum atomic E-state index is 12.5. The Morgan fingerprint density at radius 1 is 1.32 bits per heavy atom. The fourth-order valence-electron chi connectivity index (χ4n) is 3.36. The Morgan fingerprint density at radius 3 is 2.37 bits per heavy atom. The maximum absolute atomic E-state index is 12.5. The number of amides is 1. The molecule has 19 heavy (non-hydrogen) atoms. The van der Waals surface area contributed by atoms with E-state index in [2.05, 4.69) is 19.2 Å². The van der Waals surface area contributed by atoms with Crippen molar-refractivity contribution < 1.29 is 14.3 Å². The summed E-state index contributed by atoms with van der Waals surface area (Å²) >= 11 is 0. The van der Waals surface area contributed by atoms with Crippen molar-refractivity contribution in [3.05, 3.63) is 0 Å². The van der Waals surface area contributed by atoms with Crippen LogP contribution in [0.5, 0.6) is 0 Å². The molecule has 2 fully saturated rings. The Labute approximate surface area is 115 Å². The van der Waals surface area contributed by atoms with Gasteiger partial charge in [0.2, 0.25) is 0 Å². The van der Waals surface area contributed by atoms with Crippen LogP contribution in [-0.2, 0) is 14.3 Å². The predicted molar refractivity (Wildman–Crippen MR) is 72.4 cm³/mol. The van der Waals surface area contributed by atoms with Gasteiger partial charge in [-0.2, -0.15) is 0 Å². The van der Waals surface area contributed by atoms with Crippen LogP contribution in [0.2, 0.25) is 0 Å². The molecule has 2 aliphatic rings. The summed E-state index contributed by atoms with van der Waals surface area (Å²) in [6.07, 6.45) is 2.31. The van der Waals surface area contributed by atoms with Gasteiger partial charge in [-0.1, -0.05) is 27.7 Å². The van der Waals surface area contributed by atoms with E-state index in [4.69, 9.17) is 4.74 Å². The molecule has 1 aliphatic heterocycles. The summed E-state index contributed by atoms with van der Waals surface area (Å²) in [6, 6.07) is 0. The van der Waals surface area contributed by atoms with Gasteiger partial charge >= 0.3 is 5.97 Å². The van der Waals surface area contributed by atoms with Gasteiger partial charge in [-0.3, -0.25) is 9.59 Å². The summed E-state index contributed by atoms with van der Waals surface area (Å²) in [4.78, 5) is 24.6. The summed E-state index contributed by atoms with van der Waals surface area (Å²) in [5.74, 6) is 0.210. The summed E-state index contributed by atoms with van der Waals surface area (Å²) in [5.41, 5.74) is -1.93. The second kappa shape index (κ2) is 4.22. The van der Waals surface area contributed by atoms with Crippen LogP contribution < -0.4 is 5.32 Å². The molecule has 1 saturated carbocycles. The predicted octanol–water partition coefficient (Wildman–Crippen LogP) is 2.27. The van der Waals surface area contributed by atoms with Gasteiger partial charge < -0.3 is 10.1 Å². The van der Waals surface area contributed by atoms with Crippen LogP contribution in [-0.4, -0.2) is 24.0 Å². The monoisotopic (exact) mass is 267 g/mol. The molecule has 0 aromatic heterocycles. The highest BCUT2D eigenvalue weighted by molar-refractivity contribution is 5.96. The zero-order valence-electron chi connectivity index (χ0n) is 12.6. The molecule has 1 heterocycles. The van der Waals surface area contributed by atoms with Gasteiger partial charge in [0.15, 0.2) is 5.60 Å². The molecular formula is C15H25NO3. The molecule has 4 nitrogen and oxygen atoms in total. The highest BCUT2D eigenvalue weighted by Gasteiger charge is 2.75. The number of ether oxygens (including phenoxy) is 1. The normalized spacial score (nSPS) is 35.6. The molecule has 1 aliphatic carbocycles. The molecule has 2 rings (SSSR count). The summed E-state index contributed by atoms with van der Waals surface area (Å²) in [7, 11) is 0. The lowest BCUT2D eigenvalue weighted by atomic mass is 9.66. The van der Waals surface area contributed by atoms with Crippen molar-refractivity contribution in [1.29, 1.82) is 0 Å². The Hall–Kier alpha value is -1.06. The average Bonchev–Trinajstić information content (AvgIpc) is 2.58. The number of rotatable bonds is 4. The molecule has 0 unspecified atom stereocenters. The van der Waals surface area contributed by atoms with Gasteiger partial charge in [0, 0.05) is 12.0 Å². The van der Waals surface area contributed by atoms with Gasteiger partial charge in [-0.15, -0.1) is 0 Å². The number of hydrogen-bond donors (Lipinski definition) is 1. The topological polar surface area (TPSA) is 55.4 Å². The largest absolute Gasteiger partial charge is 0.448 e. The van der Waals surface area contributed by atoms with Gasteiger partial charge in [0.1, 0.15) is 0 Å². The lowest BCUT2D eigenvalue weighted by Crippen LogP contribution is -2.53. The van der Waals surface area contributed by atoms with E-state index in [9.17, 15) is 9.59 Å². The van der Waals surface area contributed by atoms with E-state index < -0.39 is 16.4 Å². The van der Waals surface area contributed by atoms with E-state index in [-0.39, 0.29) is 11.9 Å². The van der Waals surface area contributed by atoms with Crippen molar-refractivity contribution in [2.75, 3.05) is 6.54 Å². The zero-order chi connectivity index (χ0) is 14.5. The summed E-state index contributed by atoms with van der Waals surface area (Å²) in [5, 5.41) is 2.95. The van der Waals surface area contributed by atoms with Crippen LogP contribution in [0.15, 0.2) is 0 Å². The minimum atomic E-state index is -0.962. The lowest BCUT2D eigenvalue weighted by molar-refractivity contribution is -0.168. The standard InChI is InChI=1S/C15H25NO3/c1-10(2)6-9-16-11(17)15-8-7-14(5,12(18)19-15)13(15,3)4/h10H,6-9H2,1-5H3,(H,16,17)/t14-,15+/m1/s1. The van der Waals surface area contributed by atoms with Crippen molar-refractivity contribution in [3.8, 4) is 0 Å². The van der Waals surface area contributed by atoms with Gasteiger partial charge in [0.25, 0.3) is 5.91 Å². The average molecular weight is 267 g/mol. The molecule has 4 heteroatoms. The van der Waals surface area contributed by atoms with E-state index in [0.717, 1.165) is 12.8 Å². The molecule has 2 bridgehead atoms. The zero-order valence-corrected chi connectivity index (χ0v) is 12.6. The molecular weight excluding hydrogens is 242 g/mol. The van der Waals surface area contributed by atoms with E-state index in [0.29, 0.717) is 18.9 Å². The molecule has 0 radical (unpaired) electrons. The van der Waals surface area contributed by atoms with E-state index in [1.807, 2.05) is 20.8 Å². The van der Waals surface area contributed by atoms with Gasteiger partial charge in [0.05, 0.1) is 5.41 Å². The number of carbonyl (C=O) groups is 2. The third-order valence-corrected chi connectivity index (χ3v) is 5.46. The fourth-order valence-corrected chi connectivity index (χ4v) is 3.36. The number of fused-ring (bicyclic) bond motifs is 2. The van der Waals surface area contributed by atoms with Crippen LogP contribution in [0, 0.1) is 16.7 Å². The smallest absolute Gasteiger partial charge is 0.313 e. The molecule has 1 saturated heterocycles. The molecule has 0 aromatic carbocycles. The molecule has 2 atom stereocenters. The molecule has 0 aromatic rings. The van der Waals surface area contributed by atoms with E-state index >= 15 is 0 Å². The minimum absolute atomic E-state index is 0.118. The number of esters is 1. The van der Waals surface area contributed by atoms with Crippen molar-refractivity contribution in [2.45, 2.75) is 59.5 Å². The Balaban J connectivity index is 2.15. The molecule has 108 valence electrons. The lowest BCUT2D eigenvalue weighted by Gasteiger charge is -2.35. The second-order valence-electron chi connectivity index (χ2n) is 7.11. The number of nitrogens with one attached hydrogen (secondary N) is 1. The Bertz CT molecular complexity index is 416. The van der Waals surface area contributed by atoms with Crippen LogP contribution >= 0.6 is 0 Å². The minimum Gasteiger partial charge on any atom is -0.448 e. The summed E-state index contributed by atoms with van der Waals surface area (Å²) in [6.45, 7) is 10.8. The first kappa shape index (κ1) is 14.4. The van der Waals surface area contributed by atoms with E-state index in [1.54, 1.807) is 0 Å². The van der Waals surface area contributed by atoms with Crippen molar-refractivity contribution in [3.63, 3.8) is 0 Å².